The fourth-order valence-corrected chi connectivity index (χ4v) is 7.85. The molecule has 3 aromatic rings. The molecule has 5 rings (SSSR count). The molecule has 2 aliphatic rings. The molecule has 0 atom stereocenters. The van der Waals surface area contributed by atoms with E-state index in [0.717, 1.165) is 50.8 Å². The number of hydrogen-bond donors (Lipinski definition) is 2. The molecule has 8 heteroatoms. The molecule has 1 aromatic carbocycles. The summed E-state index contributed by atoms with van der Waals surface area (Å²) in [5.74, 6) is -0.357. The molecule has 0 saturated heterocycles. The normalized spacial score (nSPS) is 15.6. The standard InChI is InChI=1S/C29H35N3O3S2/c1-29(2,3)35-27(33)24-20-12-8-9-13-22(20)37-26(24)31-28(34)30-16-21-19-14-15-32(4)17-23(19)36-25(21)18-10-6-5-7-11-18/h5-7,10-11H,8-9,12-17H2,1-4H3,(H2,30,31,34). The van der Waals surface area contributed by atoms with Gasteiger partial charge >= 0.3 is 12.0 Å². The highest BCUT2D eigenvalue weighted by Gasteiger charge is 2.30. The summed E-state index contributed by atoms with van der Waals surface area (Å²) in [4.78, 5) is 32.4. The number of aryl methyl sites for hydroxylation is 1. The van der Waals surface area contributed by atoms with Gasteiger partial charge in [0, 0.05) is 34.3 Å². The molecule has 37 heavy (non-hydrogen) atoms. The van der Waals surface area contributed by atoms with Crippen molar-refractivity contribution in [3.05, 3.63) is 62.3 Å². The van der Waals surface area contributed by atoms with Gasteiger partial charge in [0.1, 0.15) is 10.6 Å². The fourth-order valence-electron chi connectivity index (χ4n) is 5.12. The zero-order valence-electron chi connectivity index (χ0n) is 22.0. The highest BCUT2D eigenvalue weighted by Crippen LogP contribution is 2.41. The number of thiophene rings is 2. The van der Waals surface area contributed by atoms with Crippen LogP contribution < -0.4 is 10.6 Å². The van der Waals surface area contributed by atoms with Crippen molar-refractivity contribution in [2.75, 3.05) is 18.9 Å². The minimum atomic E-state index is -0.597. The molecule has 2 aromatic heterocycles. The number of carbonyl (C=O) groups excluding carboxylic acids is 2. The summed E-state index contributed by atoms with van der Waals surface area (Å²) < 4.78 is 5.72. The molecule has 0 unspecified atom stereocenters. The summed E-state index contributed by atoms with van der Waals surface area (Å²) in [6, 6.07) is 10.1. The number of carbonyl (C=O) groups is 2. The molecular weight excluding hydrogens is 502 g/mol. The van der Waals surface area contributed by atoms with E-state index in [0.29, 0.717) is 17.1 Å². The van der Waals surface area contributed by atoms with E-state index in [1.807, 2.05) is 38.2 Å². The van der Waals surface area contributed by atoms with Crippen molar-refractivity contribution < 1.29 is 14.3 Å². The largest absolute Gasteiger partial charge is 0.456 e. The molecule has 196 valence electrons. The predicted molar refractivity (Wildman–Crippen MR) is 152 cm³/mol. The van der Waals surface area contributed by atoms with Crippen LogP contribution in [0.25, 0.3) is 10.4 Å². The Kier molecular flexibility index (Phi) is 7.43. The van der Waals surface area contributed by atoms with E-state index in [1.54, 1.807) is 0 Å². The third-order valence-corrected chi connectivity index (χ3v) is 9.34. The number of urea groups is 1. The molecule has 3 heterocycles. The molecule has 2 N–H and O–H groups in total. The van der Waals surface area contributed by atoms with Gasteiger partial charge in [-0.1, -0.05) is 30.3 Å². The number of nitrogens with one attached hydrogen (secondary N) is 2. The Morgan fingerprint density at radius 3 is 2.51 bits per heavy atom. The van der Waals surface area contributed by atoms with Crippen molar-refractivity contribution in [3.63, 3.8) is 0 Å². The van der Waals surface area contributed by atoms with Crippen molar-refractivity contribution in [1.82, 2.24) is 10.2 Å². The number of esters is 1. The third-order valence-electron chi connectivity index (χ3n) is 6.82. The van der Waals surface area contributed by atoms with E-state index < -0.39 is 5.60 Å². The van der Waals surface area contributed by atoms with Crippen LogP contribution in [0.15, 0.2) is 30.3 Å². The average Bonchev–Trinajstić information content (AvgIpc) is 3.39. The lowest BCUT2D eigenvalue weighted by Crippen LogP contribution is -2.30. The Morgan fingerprint density at radius 2 is 1.76 bits per heavy atom. The van der Waals surface area contributed by atoms with Gasteiger partial charge in [-0.3, -0.25) is 5.32 Å². The molecule has 0 spiro atoms. The number of fused-ring (bicyclic) bond motifs is 2. The average molecular weight is 538 g/mol. The first-order valence-corrected chi connectivity index (χ1v) is 14.6. The highest BCUT2D eigenvalue weighted by atomic mass is 32.1. The predicted octanol–water partition coefficient (Wildman–Crippen LogP) is 6.62. The number of likely N-dealkylation sites (N-methyl/N-ethyl adjacent to an activating group) is 1. The summed E-state index contributed by atoms with van der Waals surface area (Å²) in [6.45, 7) is 8.00. The zero-order chi connectivity index (χ0) is 26.2. The molecule has 6 nitrogen and oxygen atoms in total. The minimum absolute atomic E-state index is 0.296. The van der Waals surface area contributed by atoms with Gasteiger partial charge in [-0.05, 0) is 82.2 Å². The van der Waals surface area contributed by atoms with Crippen LogP contribution in [-0.2, 0) is 37.1 Å². The highest BCUT2D eigenvalue weighted by molar-refractivity contribution is 7.17. The van der Waals surface area contributed by atoms with E-state index in [1.165, 1.54) is 42.7 Å². The monoisotopic (exact) mass is 537 g/mol. The Balaban J connectivity index is 1.37. The molecule has 0 fully saturated rings. The first-order chi connectivity index (χ1) is 17.7. The van der Waals surface area contributed by atoms with E-state index in [-0.39, 0.29) is 12.0 Å². The molecule has 1 aliphatic carbocycles. The first-order valence-electron chi connectivity index (χ1n) is 13.0. The van der Waals surface area contributed by atoms with Crippen molar-refractivity contribution in [2.24, 2.45) is 0 Å². The lowest BCUT2D eigenvalue weighted by molar-refractivity contribution is 0.00699. The van der Waals surface area contributed by atoms with Gasteiger partial charge in [0.2, 0.25) is 0 Å². The summed E-state index contributed by atoms with van der Waals surface area (Å²) in [5, 5.41) is 6.70. The summed E-state index contributed by atoms with van der Waals surface area (Å²) in [5.41, 5.74) is 4.73. The van der Waals surface area contributed by atoms with Gasteiger partial charge in [-0.15, -0.1) is 22.7 Å². The van der Waals surface area contributed by atoms with E-state index in [2.05, 4.69) is 46.8 Å². The maximum Gasteiger partial charge on any atom is 0.341 e. The maximum absolute atomic E-state index is 13.2. The van der Waals surface area contributed by atoms with Gasteiger partial charge in [0.15, 0.2) is 0 Å². The maximum atomic E-state index is 13.2. The van der Waals surface area contributed by atoms with Crippen LogP contribution in [0.5, 0.6) is 0 Å². The SMILES string of the molecule is CN1CCc2c(sc(-c3ccccc3)c2CNC(=O)Nc2sc3c(c2C(=O)OC(C)(C)C)CCCC3)C1. The topological polar surface area (TPSA) is 70.7 Å². The van der Waals surface area contributed by atoms with Crippen LogP contribution in [0.3, 0.4) is 0 Å². The van der Waals surface area contributed by atoms with Gasteiger partial charge in [-0.2, -0.15) is 0 Å². The van der Waals surface area contributed by atoms with Crippen LogP contribution in [0, 0.1) is 0 Å². The second-order valence-electron chi connectivity index (χ2n) is 10.9. The molecule has 1 aliphatic heterocycles. The second-order valence-corrected chi connectivity index (χ2v) is 13.1. The first kappa shape index (κ1) is 25.9. The van der Waals surface area contributed by atoms with E-state index >= 15 is 0 Å². The lowest BCUT2D eigenvalue weighted by atomic mass is 9.95. The van der Waals surface area contributed by atoms with Crippen LogP contribution >= 0.6 is 22.7 Å². The second kappa shape index (κ2) is 10.6. The number of nitrogens with zero attached hydrogens (tertiary/aromatic N) is 1. The summed E-state index contributed by atoms with van der Waals surface area (Å²) >= 11 is 3.35. The van der Waals surface area contributed by atoms with Crippen molar-refractivity contribution in [1.29, 1.82) is 0 Å². The van der Waals surface area contributed by atoms with Crippen molar-refractivity contribution >= 4 is 39.7 Å². The van der Waals surface area contributed by atoms with E-state index in [4.69, 9.17) is 4.74 Å². The fraction of sp³-hybridized carbons (Fsp3) is 0.448. The van der Waals surface area contributed by atoms with Crippen LogP contribution in [0.1, 0.15) is 70.4 Å². The lowest BCUT2D eigenvalue weighted by Gasteiger charge is -2.23. The van der Waals surface area contributed by atoms with Crippen molar-refractivity contribution in [2.45, 2.75) is 71.6 Å². The smallest absolute Gasteiger partial charge is 0.341 e. The molecule has 0 radical (unpaired) electrons. The number of benzene rings is 1. The van der Waals surface area contributed by atoms with Gasteiger partial charge in [-0.25, -0.2) is 9.59 Å². The Bertz CT molecular complexity index is 1300. The summed E-state index contributed by atoms with van der Waals surface area (Å²) in [6.07, 6.45) is 4.92. The van der Waals surface area contributed by atoms with Gasteiger partial charge < -0.3 is 15.0 Å². The molecule has 0 bridgehead atoms. The zero-order valence-corrected chi connectivity index (χ0v) is 23.7. The molecule has 0 saturated carbocycles. The number of hydrogen-bond acceptors (Lipinski definition) is 6. The van der Waals surface area contributed by atoms with Gasteiger partial charge in [0.05, 0.1) is 5.56 Å². The van der Waals surface area contributed by atoms with Crippen LogP contribution in [-0.4, -0.2) is 36.1 Å². The summed E-state index contributed by atoms with van der Waals surface area (Å²) in [7, 11) is 2.15. The quantitative estimate of drug-likeness (QED) is 0.359. The number of rotatable bonds is 5. The Morgan fingerprint density at radius 1 is 1.00 bits per heavy atom. The van der Waals surface area contributed by atoms with Crippen LogP contribution in [0.4, 0.5) is 9.80 Å². The number of amides is 2. The van der Waals surface area contributed by atoms with Crippen LogP contribution in [0.2, 0.25) is 0 Å². The minimum Gasteiger partial charge on any atom is -0.456 e. The Labute approximate surface area is 227 Å². The van der Waals surface area contributed by atoms with Crippen molar-refractivity contribution in [3.8, 4) is 10.4 Å². The molecular formula is C29H35N3O3S2. The molecule has 2 amide bonds. The number of anilines is 1. The Hall–Kier alpha value is -2.68. The third kappa shape index (κ3) is 5.76. The van der Waals surface area contributed by atoms with E-state index in [9.17, 15) is 9.59 Å². The number of ether oxygens (including phenoxy) is 1. The van der Waals surface area contributed by atoms with Gasteiger partial charge in [0.25, 0.3) is 0 Å².